The van der Waals surface area contributed by atoms with Crippen molar-refractivity contribution in [1.29, 1.82) is 0 Å². The van der Waals surface area contributed by atoms with Gasteiger partial charge in [0.2, 0.25) is 0 Å². The summed E-state index contributed by atoms with van der Waals surface area (Å²) in [6.45, 7) is 4.09. The molecule has 1 nitrogen and oxygen atoms in total. The van der Waals surface area contributed by atoms with Gasteiger partial charge in [-0.05, 0) is 18.6 Å². The molecule has 0 N–H and O–H groups in total. The third-order valence-corrected chi connectivity index (χ3v) is 1.88. The Morgan fingerprint density at radius 3 is 2.85 bits per heavy atom. The maximum Gasteiger partial charge on any atom is 0.128 e. The molecule has 1 aromatic carbocycles. The molecule has 0 atom stereocenters. The second-order valence-electron chi connectivity index (χ2n) is 2.53. The minimum atomic E-state index is -0.303. The molecule has 3 heteroatoms. The van der Waals surface area contributed by atoms with Gasteiger partial charge in [0.1, 0.15) is 11.6 Å². The van der Waals surface area contributed by atoms with Gasteiger partial charge in [-0.3, -0.25) is 0 Å². The van der Waals surface area contributed by atoms with Gasteiger partial charge in [-0.1, -0.05) is 22.0 Å². The molecule has 1 rings (SSSR count). The third kappa shape index (κ3) is 3.59. The van der Waals surface area contributed by atoms with Gasteiger partial charge < -0.3 is 4.74 Å². The molecule has 13 heavy (non-hydrogen) atoms. The lowest BCUT2D eigenvalue weighted by Gasteiger charge is -2.04. The van der Waals surface area contributed by atoms with Crippen LogP contribution in [0.15, 0.2) is 35.3 Å². The smallest absolute Gasteiger partial charge is 0.128 e. The first-order chi connectivity index (χ1) is 6.22. The van der Waals surface area contributed by atoms with E-state index in [1.165, 1.54) is 12.1 Å². The summed E-state index contributed by atoms with van der Waals surface area (Å²) in [5, 5.41) is 0. The number of rotatable bonds is 4. The van der Waals surface area contributed by atoms with Crippen LogP contribution in [0, 0.1) is 5.82 Å². The molecule has 0 amide bonds. The molecule has 0 saturated carbocycles. The van der Waals surface area contributed by atoms with E-state index in [0.717, 1.165) is 6.42 Å². The number of halogens is 2. The molecule has 0 spiro atoms. The van der Waals surface area contributed by atoms with Crippen LogP contribution in [0.1, 0.15) is 6.42 Å². The van der Waals surface area contributed by atoms with Crippen LogP contribution in [0.2, 0.25) is 0 Å². The molecule has 1 aromatic rings. The monoisotopic (exact) mass is 244 g/mol. The van der Waals surface area contributed by atoms with Crippen molar-refractivity contribution in [3.05, 3.63) is 41.1 Å². The van der Waals surface area contributed by atoms with Crippen LogP contribution in [0.3, 0.4) is 0 Å². The summed E-state index contributed by atoms with van der Waals surface area (Å²) in [6, 6.07) is 4.47. The highest BCUT2D eigenvalue weighted by Crippen LogP contribution is 2.20. The van der Waals surface area contributed by atoms with Gasteiger partial charge in [-0.25, -0.2) is 4.39 Å². The zero-order chi connectivity index (χ0) is 9.68. The zero-order valence-electron chi connectivity index (χ0n) is 7.09. The van der Waals surface area contributed by atoms with Gasteiger partial charge >= 0.3 is 0 Å². The second-order valence-corrected chi connectivity index (χ2v) is 3.45. The molecule has 0 radical (unpaired) electrons. The number of ether oxygens (including phenoxy) is 1. The van der Waals surface area contributed by atoms with Crippen LogP contribution >= 0.6 is 15.9 Å². The Bertz CT molecular complexity index is 279. The normalized spacial score (nSPS) is 9.69. The van der Waals surface area contributed by atoms with E-state index in [4.69, 9.17) is 4.74 Å². The molecule has 0 aromatic heterocycles. The summed E-state index contributed by atoms with van der Waals surface area (Å²) in [5.74, 6) is 0.233. The van der Waals surface area contributed by atoms with Crippen LogP contribution < -0.4 is 4.74 Å². The van der Waals surface area contributed by atoms with E-state index in [2.05, 4.69) is 22.5 Å². The van der Waals surface area contributed by atoms with E-state index in [-0.39, 0.29) is 5.82 Å². The Balaban J connectivity index is 2.60. The number of benzene rings is 1. The van der Waals surface area contributed by atoms with Gasteiger partial charge in [0.15, 0.2) is 0 Å². The van der Waals surface area contributed by atoms with Gasteiger partial charge in [0.25, 0.3) is 0 Å². The van der Waals surface area contributed by atoms with Crippen LogP contribution in [-0.4, -0.2) is 6.61 Å². The minimum absolute atomic E-state index is 0.303. The lowest BCUT2D eigenvalue weighted by Crippen LogP contribution is -1.95. The van der Waals surface area contributed by atoms with Crippen molar-refractivity contribution in [2.24, 2.45) is 0 Å². The van der Waals surface area contributed by atoms with E-state index >= 15 is 0 Å². The standard InChI is InChI=1S/C10H10BrFO/c1-2-3-4-13-10-6-8(11)5-9(12)7-10/h2,5-7H,1,3-4H2. The molecule has 0 fully saturated rings. The highest BCUT2D eigenvalue weighted by atomic mass is 79.9. The molecule has 0 aliphatic heterocycles. The predicted molar refractivity (Wildman–Crippen MR) is 54.4 cm³/mol. The summed E-state index contributed by atoms with van der Waals surface area (Å²) in [6.07, 6.45) is 2.52. The van der Waals surface area contributed by atoms with E-state index < -0.39 is 0 Å². The fraction of sp³-hybridized carbons (Fsp3) is 0.200. The van der Waals surface area contributed by atoms with Crippen molar-refractivity contribution >= 4 is 15.9 Å². The Morgan fingerprint density at radius 1 is 1.46 bits per heavy atom. The number of hydrogen-bond acceptors (Lipinski definition) is 1. The van der Waals surface area contributed by atoms with E-state index in [1.54, 1.807) is 12.1 Å². The van der Waals surface area contributed by atoms with Crippen molar-refractivity contribution in [2.45, 2.75) is 6.42 Å². The van der Waals surface area contributed by atoms with Crippen molar-refractivity contribution in [3.63, 3.8) is 0 Å². The highest BCUT2D eigenvalue weighted by molar-refractivity contribution is 9.10. The van der Waals surface area contributed by atoms with E-state index in [9.17, 15) is 4.39 Å². The maximum atomic E-state index is 12.8. The SMILES string of the molecule is C=CCCOc1cc(F)cc(Br)c1. The summed E-state index contributed by atoms with van der Waals surface area (Å²) in [7, 11) is 0. The van der Waals surface area contributed by atoms with Crippen molar-refractivity contribution < 1.29 is 9.13 Å². The van der Waals surface area contributed by atoms with Crippen LogP contribution in [0.5, 0.6) is 5.75 Å². The topological polar surface area (TPSA) is 9.23 Å². The molecule has 0 bridgehead atoms. The average molecular weight is 245 g/mol. The summed E-state index contributed by atoms with van der Waals surface area (Å²) in [5.41, 5.74) is 0. The van der Waals surface area contributed by atoms with Crippen LogP contribution in [-0.2, 0) is 0 Å². The Hall–Kier alpha value is -0.830. The minimum Gasteiger partial charge on any atom is -0.493 e. The molecular weight excluding hydrogens is 235 g/mol. The van der Waals surface area contributed by atoms with Crippen molar-refractivity contribution in [3.8, 4) is 5.75 Å². The summed E-state index contributed by atoms with van der Waals surface area (Å²) < 4.78 is 18.8. The Morgan fingerprint density at radius 2 is 2.23 bits per heavy atom. The molecule has 0 aliphatic rings. The van der Waals surface area contributed by atoms with Crippen molar-refractivity contribution in [1.82, 2.24) is 0 Å². The first-order valence-electron chi connectivity index (χ1n) is 3.92. The van der Waals surface area contributed by atoms with Crippen LogP contribution in [0.4, 0.5) is 4.39 Å². The molecule has 0 aliphatic carbocycles. The lowest BCUT2D eigenvalue weighted by molar-refractivity contribution is 0.323. The fourth-order valence-corrected chi connectivity index (χ4v) is 1.32. The highest BCUT2D eigenvalue weighted by Gasteiger charge is 1.98. The Kier molecular flexibility index (Phi) is 3.96. The van der Waals surface area contributed by atoms with Crippen molar-refractivity contribution in [2.75, 3.05) is 6.61 Å². The van der Waals surface area contributed by atoms with Gasteiger partial charge in [-0.15, -0.1) is 6.58 Å². The average Bonchev–Trinajstić information content (AvgIpc) is 2.03. The summed E-state index contributed by atoms with van der Waals surface area (Å²) in [4.78, 5) is 0. The predicted octanol–water partition coefficient (Wildman–Crippen LogP) is 3.54. The zero-order valence-corrected chi connectivity index (χ0v) is 8.68. The van der Waals surface area contributed by atoms with E-state index in [0.29, 0.717) is 16.8 Å². The Labute approximate surface area is 85.3 Å². The lowest BCUT2D eigenvalue weighted by atomic mass is 10.3. The second kappa shape index (κ2) is 5.02. The molecule has 0 heterocycles. The van der Waals surface area contributed by atoms with Gasteiger partial charge in [0.05, 0.1) is 6.61 Å². The largest absolute Gasteiger partial charge is 0.493 e. The van der Waals surface area contributed by atoms with E-state index in [1.807, 2.05) is 0 Å². The fourth-order valence-electron chi connectivity index (χ4n) is 0.872. The molecule has 70 valence electrons. The van der Waals surface area contributed by atoms with Crippen LogP contribution in [0.25, 0.3) is 0 Å². The van der Waals surface area contributed by atoms with Gasteiger partial charge in [0, 0.05) is 10.5 Å². The maximum absolute atomic E-state index is 12.8. The first kappa shape index (κ1) is 10.3. The molecular formula is C10H10BrFO. The molecule has 0 saturated heterocycles. The summed E-state index contributed by atoms with van der Waals surface area (Å²) >= 11 is 3.18. The third-order valence-electron chi connectivity index (χ3n) is 1.43. The molecule has 0 unspecified atom stereocenters. The van der Waals surface area contributed by atoms with Gasteiger partial charge in [-0.2, -0.15) is 0 Å². The quantitative estimate of drug-likeness (QED) is 0.582. The number of hydrogen-bond donors (Lipinski definition) is 0. The first-order valence-corrected chi connectivity index (χ1v) is 4.71.